The zero-order valence-electron chi connectivity index (χ0n) is 15.4. The minimum atomic E-state index is -0.142. The largest absolute Gasteiger partial charge is 0.334 e. The fourth-order valence-electron chi connectivity index (χ4n) is 3.56. The lowest BCUT2D eigenvalue weighted by Crippen LogP contribution is -2.37. The van der Waals surface area contributed by atoms with E-state index in [1.807, 2.05) is 11.0 Å². The van der Waals surface area contributed by atoms with E-state index in [4.69, 9.17) is 0 Å². The highest BCUT2D eigenvalue weighted by Gasteiger charge is 2.30. The number of nitrogens with zero attached hydrogens (tertiary/aromatic N) is 3. The van der Waals surface area contributed by atoms with Gasteiger partial charge in [0.05, 0.1) is 0 Å². The predicted octanol–water partition coefficient (Wildman–Crippen LogP) is 3.28. The van der Waals surface area contributed by atoms with Crippen LogP contribution in [0.5, 0.6) is 0 Å². The SMILES string of the molecule is CCCCn1nc(C(=O)N2CCCC2CCc2ccccc2)ccc1=O. The van der Waals surface area contributed by atoms with Crippen molar-refractivity contribution in [3.63, 3.8) is 0 Å². The summed E-state index contributed by atoms with van der Waals surface area (Å²) in [4.78, 5) is 26.8. The van der Waals surface area contributed by atoms with Crippen molar-refractivity contribution in [1.29, 1.82) is 0 Å². The normalized spacial score (nSPS) is 16.8. The van der Waals surface area contributed by atoms with Crippen molar-refractivity contribution in [3.8, 4) is 0 Å². The fraction of sp³-hybridized carbons (Fsp3) is 0.476. The molecular weight excluding hydrogens is 326 g/mol. The number of rotatable bonds is 7. The minimum Gasteiger partial charge on any atom is -0.334 e. The number of aryl methyl sites for hydroxylation is 2. The molecule has 1 aromatic heterocycles. The minimum absolute atomic E-state index is 0.0502. The van der Waals surface area contributed by atoms with Crippen LogP contribution >= 0.6 is 0 Å². The van der Waals surface area contributed by atoms with Crippen LogP contribution in [-0.2, 0) is 13.0 Å². The summed E-state index contributed by atoms with van der Waals surface area (Å²) in [6.45, 7) is 3.41. The van der Waals surface area contributed by atoms with E-state index in [1.54, 1.807) is 6.07 Å². The average Bonchev–Trinajstić information content (AvgIpc) is 3.14. The van der Waals surface area contributed by atoms with E-state index in [0.29, 0.717) is 12.2 Å². The summed E-state index contributed by atoms with van der Waals surface area (Å²) in [5.74, 6) is -0.0502. The fourth-order valence-corrected chi connectivity index (χ4v) is 3.56. The molecule has 1 saturated heterocycles. The standard InChI is InChI=1S/C21H27N3O2/c1-2-3-16-24-20(25)14-13-19(22-24)21(26)23-15-7-10-18(23)12-11-17-8-5-4-6-9-17/h4-6,8-9,13-14,18H,2-3,7,10-12,15-16H2,1H3. The maximum Gasteiger partial charge on any atom is 0.274 e. The van der Waals surface area contributed by atoms with Crippen molar-refractivity contribution in [1.82, 2.24) is 14.7 Å². The summed E-state index contributed by atoms with van der Waals surface area (Å²) < 4.78 is 1.42. The lowest BCUT2D eigenvalue weighted by molar-refractivity contribution is 0.0721. The van der Waals surface area contributed by atoms with Crippen LogP contribution < -0.4 is 5.56 Å². The Labute approximate surface area is 154 Å². The van der Waals surface area contributed by atoms with Crippen molar-refractivity contribution < 1.29 is 4.79 Å². The van der Waals surface area contributed by atoms with Crippen LogP contribution in [0.25, 0.3) is 0 Å². The highest BCUT2D eigenvalue weighted by molar-refractivity contribution is 5.92. The van der Waals surface area contributed by atoms with Crippen LogP contribution in [0.2, 0.25) is 0 Å². The summed E-state index contributed by atoms with van der Waals surface area (Å²) in [6, 6.07) is 13.7. The van der Waals surface area contributed by atoms with Gasteiger partial charge in [-0.3, -0.25) is 9.59 Å². The van der Waals surface area contributed by atoms with Gasteiger partial charge in [-0.1, -0.05) is 43.7 Å². The third-order valence-electron chi connectivity index (χ3n) is 5.06. The first kappa shape index (κ1) is 18.4. The first-order valence-electron chi connectivity index (χ1n) is 9.62. The highest BCUT2D eigenvalue weighted by Crippen LogP contribution is 2.23. The molecule has 1 fully saturated rings. The molecule has 5 nitrogen and oxygen atoms in total. The van der Waals surface area contributed by atoms with Crippen molar-refractivity contribution in [2.75, 3.05) is 6.54 Å². The number of aromatic nitrogens is 2. The van der Waals surface area contributed by atoms with E-state index < -0.39 is 0 Å². The number of amides is 1. The topological polar surface area (TPSA) is 55.2 Å². The van der Waals surface area contributed by atoms with Crippen molar-refractivity contribution in [2.24, 2.45) is 0 Å². The van der Waals surface area contributed by atoms with Gasteiger partial charge in [-0.05, 0) is 43.7 Å². The van der Waals surface area contributed by atoms with E-state index in [9.17, 15) is 9.59 Å². The summed E-state index contributed by atoms with van der Waals surface area (Å²) in [7, 11) is 0. The molecule has 1 aliphatic rings. The van der Waals surface area contributed by atoms with E-state index in [-0.39, 0.29) is 17.5 Å². The first-order chi connectivity index (χ1) is 12.7. The van der Waals surface area contributed by atoms with Gasteiger partial charge in [0.25, 0.3) is 11.5 Å². The zero-order valence-corrected chi connectivity index (χ0v) is 15.4. The van der Waals surface area contributed by atoms with E-state index >= 15 is 0 Å². The number of hydrogen-bond donors (Lipinski definition) is 0. The van der Waals surface area contributed by atoms with Crippen LogP contribution in [0.4, 0.5) is 0 Å². The number of unbranched alkanes of at least 4 members (excludes halogenated alkanes) is 1. The lowest BCUT2D eigenvalue weighted by Gasteiger charge is -2.24. The predicted molar refractivity (Wildman–Crippen MR) is 102 cm³/mol. The monoisotopic (exact) mass is 353 g/mol. The molecule has 0 aliphatic carbocycles. The Hall–Kier alpha value is -2.43. The summed E-state index contributed by atoms with van der Waals surface area (Å²) >= 11 is 0. The molecule has 2 aromatic rings. The van der Waals surface area contributed by atoms with Crippen LogP contribution in [0.3, 0.4) is 0 Å². The van der Waals surface area contributed by atoms with E-state index in [0.717, 1.165) is 45.1 Å². The smallest absolute Gasteiger partial charge is 0.274 e. The van der Waals surface area contributed by atoms with Crippen molar-refractivity contribution >= 4 is 5.91 Å². The third-order valence-corrected chi connectivity index (χ3v) is 5.06. The first-order valence-corrected chi connectivity index (χ1v) is 9.62. The second-order valence-corrected chi connectivity index (χ2v) is 6.95. The van der Waals surface area contributed by atoms with Gasteiger partial charge >= 0.3 is 0 Å². The number of carbonyl (C=O) groups excluding carboxylic acids is 1. The molecule has 0 saturated carbocycles. The molecule has 0 spiro atoms. The Balaban J connectivity index is 1.68. The molecule has 0 radical (unpaired) electrons. The Bertz CT molecular complexity index is 785. The molecule has 0 N–H and O–H groups in total. The van der Waals surface area contributed by atoms with Crippen LogP contribution in [-0.4, -0.2) is 33.2 Å². The third kappa shape index (κ3) is 4.40. The lowest BCUT2D eigenvalue weighted by atomic mass is 10.0. The van der Waals surface area contributed by atoms with Gasteiger partial charge in [0, 0.05) is 25.2 Å². The number of likely N-dealkylation sites (tertiary alicyclic amines) is 1. The quantitative estimate of drug-likeness (QED) is 0.767. The highest BCUT2D eigenvalue weighted by atomic mass is 16.2. The van der Waals surface area contributed by atoms with Crippen molar-refractivity contribution in [2.45, 2.75) is 58.0 Å². The molecular formula is C21H27N3O2. The van der Waals surface area contributed by atoms with Gasteiger partial charge < -0.3 is 4.90 Å². The Morgan fingerprint density at radius 1 is 1.19 bits per heavy atom. The van der Waals surface area contributed by atoms with Gasteiger partial charge in [0.1, 0.15) is 5.69 Å². The van der Waals surface area contributed by atoms with Crippen LogP contribution in [0, 0.1) is 0 Å². The molecule has 1 aromatic carbocycles. The molecule has 1 amide bonds. The molecule has 2 heterocycles. The molecule has 1 atom stereocenters. The Morgan fingerprint density at radius 2 is 2.00 bits per heavy atom. The second-order valence-electron chi connectivity index (χ2n) is 6.95. The number of hydrogen-bond acceptors (Lipinski definition) is 3. The van der Waals surface area contributed by atoms with Gasteiger partial charge in [0.2, 0.25) is 0 Å². The van der Waals surface area contributed by atoms with Crippen LogP contribution in [0.15, 0.2) is 47.3 Å². The van der Waals surface area contributed by atoms with Gasteiger partial charge in [0.15, 0.2) is 0 Å². The molecule has 26 heavy (non-hydrogen) atoms. The Kier molecular flexibility index (Phi) is 6.21. The molecule has 1 unspecified atom stereocenters. The Morgan fingerprint density at radius 3 is 2.77 bits per heavy atom. The van der Waals surface area contributed by atoms with E-state index in [1.165, 1.54) is 16.3 Å². The van der Waals surface area contributed by atoms with Crippen molar-refractivity contribution in [3.05, 3.63) is 64.1 Å². The maximum absolute atomic E-state index is 13.0. The van der Waals surface area contributed by atoms with Gasteiger partial charge in [-0.25, -0.2) is 4.68 Å². The average molecular weight is 353 g/mol. The second kappa shape index (κ2) is 8.79. The molecule has 138 valence electrons. The molecule has 5 heteroatoms. The summed E-state index contributed by atoms with van der Waals surface area (Å²) in [6.07, 6.45) is 5.87. The molecule has 3 rings (SSSR count). The molecule has 0 bridgehead atoms. The van der Waals surface area contributed by atoms with E-state index in [2.05, 4.69) is 36.3 Å². The van der Waals surface area contributed by atoms with Gasteiger partial charge in [-0.2, -0.15) is 5.10 Å². The number of benzene rings is 1. The zero-order chi connectivity index (χ0) is 18.4. The summed E-state index contributed by atoms with van der Waals surface area (Å²) in [5.41, 5.74) is 1.54. The maximum atomic E-state index is 13.0. The summed E-state index contributed by atoms with van der Waals surface area (Å²) in [5, 5.41) is 4.32. The van der Waals surface area contributed by atoms with Gasteiger partial charge in [-0.15, -0.1) is 0 Å². The number of carbonyl (C=O) groups is 1. The molecule has 1 aliphatic heterocycles. The van der Waals surface area contributed by atoms with Crippen LogP contribution in [0.1, 0.15) is 55.1 Å².